The van der Waals surface area contributed by atoms with Crippen molar-refractivity contribution in [1.29, 1.82) is 0 Å². The highest BCUT2D eigenvalue weighted by Crippen LogP contribution is 2.54. The average molecular weight is 194 g/mol. The molecule has 3 unspecified atom stereocenters. The van der Waals surface area contributed by atoms with Crippen LogP contribution in [0.25, 0.3) is 0 Å². The summed E-state index contributed by atoms with van der Waals surface area (Å²) in [6.45, 7) is 5.95. The van der Waals surface area contributed by atoms with Crippen LogP contribution < -0.4 is 5.73 Å². The van der Waals surface area contributed by atoms with Crippen LogP contribution in [-0.2, 0) is 0 Å². The maximum absolute atomic E-state index is 5.87. The summed E-state index contributed by atoms with van der Waals surface area (Å²) in [5.74, 6) is 4.27. The van der Waals surface area contributed by atoms with Crippen LogP contribution in [0, 0.1) is 23.7 Å². The van der Waals surface area contributed by atoms with E-state index in [1.807, 2.05) is 0 Å². The van der Waals surface area contributed by atoms with E-state index in [4.69, 9.17) is 5.73 Å². The van der Waals surface area contributed by atoms with Gasteiger partial charge >= 0.3 is 0 Å². The van der Waals surface area contributed by atoms with E-state index in [0.717, 1.165) is 30.2 Å². The molecule has 0 radical (unpaired) electrons. The van der Waals surface area contributed by atoms with E-state index in [2.05, 4.69) is 11.8 Å². The second kappa shape index (κ2) is 3.21. The Balaban J connectivity index is 1.65. The molecule has 2 N–H and O–H groups in total. The Labute approximate surface area is 86.8 Å². The second-order valence-electron chi connectivity index (χ2n) is 5.86. The van der Waals surface area contributed by atoms with Gasteiger partial charge in [-0.3, -0.25) is 0 Å². The van der Waals surface area contributed by atoms with Gasteiger partial charge in [-0.15, -0.1) is 0 Å². The molecule has 0 aromatic rings. The molecule has 2 saturated carbocycles. The molecular formula is C12H22N2. The Morgan fingerprint density at radius 2 is 1.79 bits per heavy atom. The van der Waals surface area contributed by atoms with Crippen LogP contribution in [0.4, 0.5) is 0 Å². The Morgan fingerprint density at radius 1 is 1.21 bits per heavy atom. The Morgan fingerprint density at radius 3 is 2.29 bits per heavy atom. The zero-order valence-corrected chi connectivity index (χ0v) is 9.15. The van der Waals surface area contributed by atoms with Crippen molar-refractivity contribution in [3.8, 4) is 0 Å². The Kier molecular flexibility index (Phi) is 2.10. The van der Waals surface area contributed by atoms with Crippen LogP contribution in [0.2, 0.25) is 0 Å². The van der Waals surface area contributed by atoms with Crippen molar-refractivity contribution >= 4 is 0 Å². The van der Waals surface area contributed by atoms with Gasteiger partial charge in [0.25, 0.3) is 0 Å². The van der Waals surface area contributed by atoms with Crippen LogP contribution in [0.3, 0.4) is 0 Å². The molecule has 1 aliphatic heterocycles. The van der Waals surface area contributed by atoms with Crippen LogP contribution in [0.1, 0.15) is 26.2 Å². The van der Waals surface area contributed by atoms with E-state index in [-0.39, 0.29) is 0 Å². The molecule has 3 aliphatic rings. The van der Waals surface area contributed by atoms with E-state index in [0.29, 0.717) is 6.04 Å². The van der Waals surface area contributed by atoms with Gasteiger partial charge in [-0.2, -0.15) is 0 Å². The summed E-state index contributed by atoms with van der Waals surface area (Å²) in [6, 6.07) is 0.353. The van der Waals surface area contributed by atoms with Crippen molar-refractivity contribution in [2.24, 2.45) is 29.4 Å². The summed E-state index contributed by atoms with van der Waals surface area (Å²) < 4.78 is 0. The molecule has 1 heterocycles. The molecule has 3 rings (SSSR count). The number of nitrogens with zero attached hydrogens (tertiary/aromatic N) is 1. The van der Waals surface area contributed by atoms with Gasteiger partial charge in [-0.1, -0.05) is 0 Å². The topological polar surface area (TPSA) is 29.3 Å². The first-order valence-electron chi connectivity index (χ1n) is 6.22. The lowest BCUT2D eigenvalue weighted by Gasteiger charge is -2.22. The van der Waals surface area contributed by atoms with Crippen molar-refractivity contribution in [3.63, 3.8) is 0 Å². The molecule has 1 saturated heterocycles. The molecule has 2 heteroatoms. The Hall–Kier alpha value is -0.0800. The summed E-state index contributed by atoms with van der Waals surface area (Å²) in [7, 11) is 0. The van der Waals surface area contributed by atoms with Crippen LogP contribution in [-0.4, -0.2) is 30.6 Å². The molecule has 80 valence electrons. The second-order valence-corrected chi connectivity index (χ2v) is 5.86. The average Bonchev–Trinajstić information content (AvgIpc) is 2.69. The zero-order valence-electron chi connectivity index (χ0n) is 9.15. The molecule has 0 aromatic carbocycles. The number of likely N-dealkylation sites (tertiary alicyclic amines) is 1. The predicted octanol–water partition coefficient (Wildman–Crippen LogP) is 1.31. The smallest absolute Gasteiger partial charge is 0.0139 e. The van der Waals surface area contributed by atoms with Gasteiger partial charge in [0.15, 0.2) is 0 Å². The lowest BCUT2D eigenvalue weighted by Crippen LogP contribution is -2.35. The fourth-order valence-electron chi connectivity index (χ4n) is 4.33. The van der Waals surface area contributed by atoms with E-state index in [1.54, 1.807) is 6.42 Å². The first-order chi connectivity index (χ1) is 6.74. The lowest BCUT2D eigenvalue weighted by atomic mass is 9.82. The third kappa shape index (κ3) is 1.31. The maximum atomic E-state index is 5.87. The minimum Gasteiger partial charge on any atom is -0.327 e. The molecule has 0 aromatic heterocycles. The van der Waals surface area contributed by atoms with Gasteiger partial charge in [0.05, 0.1) is 0 Å². The number of rotatable bonds is 2. The predicted molar refractivity (Wildman–Crippen MR) is 57.9 cm³/mol. The standard InChI is InChI=1S/C12H22N2/c1-8(13)5-14-6-11-9-2-3-10(4-9)12(11)7-14/h8-12H,2-7,13H2,1H3/t8?,9?,10?,11-,12+. The molecule has 2 nitrogen and oxygen atoms in total. The van der Waals surface area contributed by atoms with Crippen molar-refractivity contribution in [1.82, 2.24) is 4.90 Å². The minimum absolute atomic E-state index is 0.353. The molecular weight excluding hydrogens is 172 g/mol. The third-order valence-corrected chi connectivity index (χ3v) is 4.76. The summed E-state index contributed by atoms with van der Waals surface area (Å²) in [4.78, 5) is 2.62. The quantitative estimate of drug-likeness (QED) is 0.718. The van der Waals surface area contributed by atoms with E-state index in [9.17, 15) is 0 Å². The van der Waals surface area contributed by atoms with Gasteiger partial charge in [0, 0.05) is 25.7 Å². The summed E-state index contributed by atoms with van der Waals surface area (Å²) in [5, 5.41) is 0. The normalized spacial score (nSPS) is 48.4. The Bertz CT molecular complexity index is 208. The van der Waals surface area contributed by atoms with Gasteiger partial charge in [0.1, 0.15) is 0 Å². The lowest BCUT2D eigenvalue weighted by molar-refractivity contribution is 0.281. The van der Waals surface area contributed by atoms with Gasteiger partial charge < -0.3 is 10.6 Å². The van der Waals surface area contributed by atoms with Crippen molar-refractivity contribution in [2.75, 3.05) is 19.6 Å². The van der Waals surface area contributed by atoms with Crippen LogP contribution in [0.5, 0.6) is 0 Å². The first kappa shape index (κ1) is 9.17. The largest absolute Gasteiger partial charge is 0.327 e. The third-order valence-electron chi connectivity index (χ3n) is 4.76. The number of nitrogens with two attached hydrogens (primary N) is 1. The SMILES string of the molecule is CC(N)CN1C[C@@H]2C3CCC(C3)[C@@H]2C1. The highest BCUT2D eigenvalue weighted by Gasteiger charge is 2.51. The van der Waals surface area contributed by atoms with Crippen molar-refractivity contribution in [3.05, 3.63) is 0 Å². The molecule has 5 atom stereocenters. The number of hydrogen-bond acceptors (Lipinski definition) is 2. The fraction of sp³-hybridized carbons (Fsp3) is 1.00. The number of hydrogen-bond donors (Lipinski definition) is 1. The molecule has 0 amide bonds. The molecule has 2 bridgehead atoms. The molecule has 0 spiro atoms. The van der Waals surface area contributed by atoms with E-state index >= 15 is 0 Å². The molecule has 14 heavy (non-hydrogen) atoms. The number of fused-ring (bicyclic) bond motifs is 5. The van der Waals surface area contributed by atoms with Crippen LogP contribution >= 0.6 is 0 Å². The van der Waals surface area contributed by atoms with Crippen molar-refractivity contribution < 1.29 is 0 Å². The summed E-state index contributed by atoms with van der Waals surface area (Å²) in [6.07, 6.45) is 4.61. The first-order valence-corrected chi connectivity index (χ1v) is 6.22. The fourth-order valence-corrected chi connectivity index (χ4v) is 4.33. The highest BCUT2D eigenvalue weighted by molar-refractivity contribution is 5.02. The molecule has 3 fully saturated rings. The summed E-state index contributed by atoms with van der Waals surface area (Å²) in [5.41, 5.74) is 5.87. The van der Waals surface area contributed by atoms with Crippen molar-refractivity contribution in [2.45, 2.75) is 32.2 Å². The van der Waals surface area contributed by atoms with Gasteiger partial charge in [-0.25, -0.2) is 0 Å². The summed E-state index contributed by atoms with van der Waals surface area (Å²) >= 11 is 0. The zero-order chi connectivity index (χ0) is 9.71. The maximum Gasteiger partial charge on any atom is 0.0139 e. The van der Waals surface area contributed by atoms with E-state index < -0.39 is 0 Å². The monoisotopic (exact) mass is 194 g/mol. The van der Waals surface area contributed by atoms with E-state index in [1.165, 1.54) is 25.9 Å². The van der Waals surface area contributed by atoms with Crippen LogP contribution in [0.15, 0.2) is 0 Å². The van der Waals surface area contributed by atoms with Gasteiger partial charge in [-0.05, 0) is 49.9 Å². The molecule has 2 aliphatic carbocycles. The minimum atomic E-state index is 0.353. The van der Waals surface area contributed by atoms with Gasteiger partial charge in [0.2, 0.25) is 0 Å². The highest BCUT2D eigenvalue weighted by atomic mass is 15.2.